The second-order valence-electron chi connectivity index (χ2n) is 4.51. The molecule has 19 heavy (non-hydrogen) atoms. The molecule has 1 aromatic carbocycles. The van der Waals surface area contributed by atoms with Crippen LogP contribution in [0, 0.1) is 0 Å². The van der Waals surface area contributed by atoms with Crippen molar-refractivity contribution in [2.24, 2.45) is 0 Å². The maximum atomic E-state index is 5.21. The van der Waals surface area contributed by atoms with Crippen LogP contribution in [0.25, 0.3) is 0 Å². The molecule has 3 heteroatoms. The fourth-order valence-electron chi connectivity index (χ4n) is 2.16. The number of hydrogen-bond acceptors (Lipinski definition) is 3. The summed E-state index contributed by atoms with van der Waals surface area (Å²) >= 11 is 0. The Morgan fingerprint density at radius 2 is 2.11 bits per heavy atom. The summed E-state index contributed by atoms with van der Waals surface area (Å²) in [5, 5.41) is 3.45. The predicted molar refractivity (Wildman–Crippen MR) is 81.4 cm³/mol. The van der Waals surface area contributed by atoms with Gasteiger partial charge in [-0.25, -0.2) is 0 Å². The molecule has 0 bridgehead atoms. The molecule has 106 valence electrons. The SMILES string of the molecule is C=CCN(CCOC)C(CNCC)c1ccccc1. The molecule has 0 aliphatic heterocycles. The van der Waals surface area contributed by atoms with Crippen molar-refractivity contribution in [1.29, 1.82) is 0 Å². The van der Waals surface area contributed by atoms with E-state index in [0.29, 0.717) is 6.04 Å². The monoisotopic (exact) mass is 262 g/mol. The van der Waals surface area contributed by atoms with Gasteiger partial charge in [0.15, 0.2) is 0 Å². The number of nitrogens with one attached hydrogen (secondary N) is 1. The second kappa shape index (κ2) is 9.73. The fourth-order valence-corrected chi connectivity index (χ4v) is 2.16. The molecule has 1 aromatic rings. The van der Waals surface area contributed by atoms with Crippen LogP contribution in [0.2, 0.25) is 0 Å². The van der Waals surface area contributed by atoms with Crippen LogP contribution in [0.3, 0.4) is 0 Å². The molecule has 0 spiro atoms. The van der Waals surface area contributed by atoms with Crippen molar-refractivity contribution in [3.05, 3.63) is 48.6 Å². The Labute approximate surface area is 117 Å². The zero-order valence-corrected chi connectivity index (χ0v) is 12.1. The van der Waals surface area contributed by atoms with Crippen molar-refractivity contribution >= 4 is 0 Å². The minimum Gasteiger partial charge on any atom is -0.383 e. The topological polar surface area (TPSA) is 24.5 Å². The molecule has 0 fully saturated rings. The summed E-state index contributed by atoms with van der Waals surface area (Å²) in [6, 6.07) is 11.0. The van der Waals surface area contributed by atoms with E-state index in [4.69, 9.17) is 4.74 Å². The Bertz CT molecular complexity index is 340. The fraction of sp³-hybridized carbons (Fsp3) is 0.500. The Morgan fingerprint density at radius 3 is 2.68 bits per heavy atom. The highest BCUT2D eigenvalue weighted by molar-refractivity contribution is 5.19. The molecule has 0 aliphatic rings. The number of nitrogens with zero attached hydrogens (tertiary/aromatic N) is 1. The quantitative estimate of drug-likeness (QED) is 0.656. The van der Waals surface area contributed by atoms with E-state index in [2.05, 4.69) is 54.1 Å². The number of ether oxygens (including phenoxy) is 1. The Kier molecular flexibility index (Phi) is 8.14. The first-order valence-corrected chi connectivity index (χ1v) is 6.93. The summed E-state index contributed by atoms with van der Waals surface area (Å²) in [6.07, 6.45) is 1.96. The van der Waals surface area contributed by atoms with Gasteiger partial charge in [-0.15, -0.1) is 6.58 Å². The van der Waals surface area contributed by atoms with Gasteiger partial charge in [-0.1, -0.05) is 43.3 Å². The molecule has 1 rings (SSSR count). The summed E-state index contributed by atoms with van der Waals surface area (Å²) in [4.78, 5) is 2.40. The van der Waals surface area contributed by atoms with E-state index in [1.165, 1.54) is 5.56 Å². The maximum absolute atomic E-state index is 5.21. The average molecular weight is 262 g/mol. The highest BCUT2D eigenvalue weighted by Crippen LogP contribution is 2.19. The molecule has 1 unspecified atom stereocenters. The van der Waals surface area contributed by atoms with Gasteiger partial charge >= 0.3 is 0 Å². The van der Waals surface area contributed by atoms with E-state index < -0.39 is 0 Å². The largest absolute Gasteiger partial charge is 0.383 e. The number of benzene rings is 1. The average Bonchev–Trinajstić information content (AvgIpc) is 2.46. The first kappa shape index (κ1) is 15.9. The summed E-state index contributed by atoms with van der Waals surface area (Å²) in [5.74, 6) is 0. The number of hydrogen-bond donors (Lipinski definition) is 1. The van der Waals surface area contributed by atoms with Crippen LogP contribution in [-0.4, -0.2) is 44.8 Å². The Hall–Kier alpha value is -1.16. The first-order chi connectivity index (χ1) is 9.33. The lowest BCUT2D eigenvalue weighted by Gasteiger charge is -2.31. The van der Waals surface area contributed by atoms with Crippen molar-refractivity contribution in [3.63, 3.8) is 0 Å². The van der Waals surface area contributed by atoms with Gasteiger partial charge in [-0.2, -0.15) is 0 Å². The van der Waals surface area contributed by atoms with Gasteiger partial charge in [-0.05, 0) is 12.1 Å². The Balaban J connectivity index is 2.82. The van der Waals surface area contributed by atoms with E-state index in [1.807, 2.05) is 6.08 Å². The lowest BCUT2D eigenvalue weighted by molar-refractivity contribution is 0.127. The third-order valence-electron chi connectivity index (χ3n) is 3.16. The van der Waals surface area contributed by atoms with Gasteiger partial charge in [0.25, 0.3) is 0 Å². The van der Waals surface area contributed by atoms with E-state index in [-0.39, 0.29) is 0 Å². The third kappa shape index (κ3) is 5.55. The molecule has 0 aliphatic carbocycles. The van der Waals surface area contributed by atoms with Crippen molar-refractivity contribution in [1.82, 2.24) is 10.2 Å². The minimum absolute atomic E-state index is 0.356. The van der Waals surface area contributed by atoms with Crippen molar-refractivity contribution < 1.29 is 4.74 Å². The van der Waals surface area contributed by atoms with Gasteiger partial charge in [0.05, 0.1) is 6.61 Å². The molecule has 0 aromatic heterocycles. The molecule has 0 amide bonds. The standard InChI is InChI=1S/C16H26N2O/c1-4-11-18(12-13-19-3)16(14-17-5-2)15-9-7-6-8-10-15/h4,6-10,16-17H,1,5,11-14H2,2-3H3. The van der Waals surface area contributed by atoms with Crippen LogP contribution in [-0.2, 0) is 4.74 Å². The van der Waals surface area contributed by atoms with E-state index >= 15 is 0 Å². The van der Waals surface area contributed by atoms with Gasteiger partial charge < -0.3 is 10.1 Å². The zero-order valence-electron chi connectivity index (χ0n) is 12.1. The molecule has 0 radical (unpaired) electrons. The predicted octanol–water partition coefficient (Wildman–Crippen LogP) is 2.47. The number of rotatable bonds is 10. The van der Waals surface area contributed by atoms with Crippen molar-refractivity contribution in [2.45, 2.75) is 13.0 Å². The highest BCUT2D eigenvalue weighted by Gasteiger charge is 2.18. The molecule has 0 saturated heterocycles. The maximum Gasteiger partial charge on any atom is 0.0590 e. The summed E-state index contributed by atoms with van der Waals surface area (Å²) in [5.41, 5.74) is 1.33. The molecule has 0 heterocycles. The van der Waals surface area contributed by atoms with E-state index in [0.717, 1.165) is 32.8 Å². The molecule has 3 nitrogen and oxygen atoms in total. The summed E-state index contributed by atoms with van der Waals surface area (Å²) in [7, 11) is 1.74. The van der Waals surface area contributed by atoms with E-state index in [9.17, 15) is 0 Å². The Morgan fingerprint density at radius 1 is 1.37 bits per heavy atom. The van der Waals surface area contributed by atoms with Crippen LogP contribution < -0.4 is 5.32 Å². The lowest BCUT2D eigenvalue weighted by Crippen LogP contribution is -2.38. The first-order valence-electron chi connectivity index (χ1n) is 6.93. The van der Waals surface area contributed by atoms with E-state index in [1.54, 1.807) is 7.11 Å². The summed E-state index contributed by atoms with van der Waals surface area (Å²) < 4.78 is 5.21. The number of likely N-dealkylation sites (N-methyl/N-ethyl adjacent to an activating group) is 1. The lowest BCUT2D eigenvalue weighted by atomic mass is 10.0. The van der Waals surface area contributed by atoms with Gasteiger partial charge in [0.2, 0.25) is 0 Å². The normalized spacial score (nSPS) is 12.6. The smallest absolute Gasteiger partial charge is 0.0590 e. The minimum atomic E-state index is 0.356. The highest BCUT2D eigenvalue weighted by atomic mass is 16.5. The van der Waals surface area contributed by atoms with Crippen molar-refractivity contribution in [2.75, 3.05) is 39.9 Å². The van der Waals surface area contributed by atoms with Crippen LogP contribution in [0.4, 0.5) is 0 Å². The van der Waals surface area contributed by atoms with Gasteiger partial charge in [0.1, 0.15) is 0 Å². The zero-order chi connectivity index (χ0) is 13.9. The third-order valence-corrected chi connectivity index (χ3v) is 3.16. The molecule has 0 saturated carbocycles. The molecule has 1 N–H and O–H groups in total. The molecular formula is C16H26N2O. The molecular weight excluding hydrogens is 236 g/mol. The number of methoxy groups -OCH3 is 1. The van der Waals surface area contributed by atoms with Gasteiger partial charge in [-0.3, -0.25) is 4.90 Å². The second-order valence-corrected chi connectivity index (χ2v) is 4.51. The van der Waals surface area contributed by atoms with Crippen LogP contribution >= 0.6 is 0 Å². The van der Waals surface area contributed by atoms with Crippen LogP contribution in [0.1, 0.15) is 18.5 Å². The summed E-state index contributed by atoms with van der Waals surface area (Å²) in [6.45, 7) is 10.4. The van der Waals surface area contributed by atoms with Crippen LogP contribution in [0.5, 0.6) is 0 Å². The van der Waals surface area contributed by atoms with Crippen molar-refractivity contribution in [3.8, 4) is 0 Å². The molecule has 1 atom stereocenters. The van der Waals surface area contributed by atoms with Gasteiger partial charge in [0, 0.05) is 32.8 Å². The van der Waals surface area contributed by atoms with Crippen LogP contribution in [0.15, 0.2) is 43.0 Å².